The lowest BCUT2D eigenvalue weighted by molar-refractivity contribution is 1.54. The average molecular weight is 229 g/mol. The number of hydrogen-bond donors (Lipinski definition) is 0. The molecule has 0 aromatic heterocycles. The highest BCUT2D eigenvalue weighted by Crippen LogP contribution is 2.29. The molecular weight excluding hydrogens is 218 g/mol. The summed E-state index contributed by atoms with van der Waals surface area (Å²) in [6.45, 7) is 0. The highest BCUT2D eigenvalue weighted by molar-refractivity contribution is 6.06. The van der Waals surface area contributed by atoms with Crippen LogP contribution >= 0.6 is 0 Å². The second kappa shape index (κ2) is 4.35. The van der Waals surface area contributed by atoms with E-state index in [1.165, 1.54) is 27.6 Å². The topological polar surface area (TPSA) is 23.8 Å². The largest absolute Gasteiger partial charge is 0.193 e. The standard InChI is InChI=1S/C17H11N/c18-11-5-10-17-15-8-3-1-6-13(15)12-14-7-2-4-9-16(14)17/h1-10,12H/b10-5-. The second-order valence-corrected chi connectivity index (χ2v) is 4.19. The Morgan fingerprint density at radius 3 is 1.94 bits per heavy atom. The first-order valence-electron chi connectivity index (χ1n) is 5.87. The van der Waals surface area contributed by atoms with E-state index in [4.69, 9.17) is 5.26 Å². The summed E-state index contributed by atoms with van der Waals surface area (Å²) in [6.07, 6.45) is 3.43. The maximum Gasteiger partial charge on any atom is 0.0912 e. The van der Waals surface area contributed by atoms with Crippen molar-refractivity contribution in [3.8, 4) is 6.07 Å². The number of fused-ring (bicyclic) bond motifs is 2. The van der Waals surface area contributed by atoms with E-state index in [9.17, 15) is 0 Å². The molecule has 0 spiro atoms. The van der Waals surface area contributed by atoms with Gasteiger partial charge in [-0.05, 0) is 39.3 Å². The summed E-state index contributed by atoms with van der Waals surface area (Å²) < 4.78 is 0. The van der Waals surface area contributed by atoms with Gasteiger partial charge in [-0.1, -0.05) is 48.5 Å². The molecule has 0 aliphatic carbocycles. The molecule has 0 unspecified atom stereocenters. The van der Waals surface area contributed by atoms with Crippen LogP contribution in [0.25, 0.3) is 27.6 Å². The van der Waals surface area contributed by atoms with Crippen molar-refractivity contribution in [1.82, 2.24) is 0 Å². The number of allylic oxidation sites excluding steroid dienone is 1. The predicted octanol–water partition coefficient (Wildman–Crippen LogP) is 4.53. The highest BCUT2D eigenvalue weighted by Gasteiger charge is 2.03. The Hall–Kier alpha value is -2.59. The van der Waals surface area contributed by atoms with Crippen LogP contribution in [-0.4, -0.2) is 0 Å². The van der Waals surface area contributed by atoms with Crippen molar-refractivity contribution >= 4 is 27.6 Å². The molecule has 0 aliphatic heterocycles. The van der Waals surface area contributed by atoms with Crippen molar-refractivity contribution in [3.63, 3.8) is 0 Å². The fourth-order valence-corrected chi connectivity index (χ4v) is 2.35. The zero-order chi connectivity index (χ0) is 12.4. The van der Waals surface area contributed by atoms with Gasteiger partial charge in [-0.2, -0.15) is 5.26 Å². The smallest absolute Gasteiger partial charge is 0.0912 e. The molecule has 0 saturated carbocycles. The Labute approximate surface area is 106 Å². The first-order valence-corrected chi connectivity index (χ1v) is 5.87. The van der Waals surface area contributed by atoms with Gasteiger partial charge in [0.25, 0.3) is 0 Å². The molecular formula is C17H11N. The molecule has 1 nitrogen and oxygen atoms in total. The monoisotopic (exact) mass is 229 g/mol. The molecule has 0 radical (unpaired) electrons. The van der Waals surface area contributed by atoms with E-state index >= 15 is 0 Å². The Morgan fingerprint density at radius 1 is 0.833 bits per heavy atom. The lowest BCUT2D eigenvalue weighted by atomic mass is 9.96. The Morgan fingerprint density at radius 2 is 1.39 bits per heavy atom. The summed E-state index contributed by atoms with van der Waals surface area (Å²) in [5.41, 5.74) is 1.12. The van der Waals surface area contributed by atoms with Crippen LogP contribution in [0.3, 0.4) is 0 Å². The summed E-state index contributed by atoms with van der Waals surface area (Å²) >= 11 is 0. The quantitative estimate of drug-likeness (QED) is 0.444. The van der Waals surface area contributed by atoms with E-state index in [1.807, 2.05) is 30.3 Å². The van der Waals surface area contributed by atoms with Crippen LogP contribution in [0.5, 0.6) is 0 Å². The van der Waals surface area contributed by atoms with Crippen LogP contribution in [0.1, 0.15) is 5.56 Å². The van der Waals surface area contributed by atoms with Crippen molar-refractivity contribution in [2.45, 2.75) is 0 Å². The predicted molar refractivity (Wildman–Crippen MR) is 76.1 cm³/mol. The number of benzene rings is 3. The Bertz CT molecular complexity index is 737. The third-order valence-electron chi connectivity index (χ3n) is 3.14. The zero-order valence-electron chi connectivity index (χ0n) is 9.80. The lowest BCUT2D eigenvalue weighted by Gasteiger charge is -2.07. The van der Waals surface area contributed by atoms with Gasteiger partial charge in [0.1, 0.15) is 0 Å². The van der Waals surface area contributed by atoms with E-state index in [1.54, 1.807) is 0 Å². The van der Waals surface area contributed by atoms with E-state index < -0.39 is 0 Å². The molecule has 3 aromatic rings. The Balaban J connectivity index is 2.50. The first-order chi connectivity index (χ1) is 8.90. The summed E-state index contributed by atoms with van der Waals surface area (Å²) in [5, 5.41) is 13.5. The van der Waals surface area contributed by atoms with Gasteiger partial charge in [0.2, 0.25) is 0 Å². The fraction of sp³-hybridized carbons (Fsp3) is 0. The van der Waals surface area contributed by atoms with Crippen LogP contribution in [0.2, 0.25) is 0 Å². The van der Waals surface area contributed by atoms with Crippen molar-refractivity contribution < 1.29 is 0 Å². The van der Waals surface area contributed by atoms with Crippen LogP contribution in [0, 0.1) is 11.3 Å². The average Bonchev–Trinajstić information content (AvgIpc) is 2.43. The van der Waals surface area contributed by atoms with Gasteiger partial charge in [0, 0.05) is 6.08 Å². The number of hydrogen-bond acceptors (Lipinski definition) is 1. The van der Waals surface area contributed by atoms with Gasteiger partial charge in [0.05, 0.1) is 6.07 Å². The molecule has 0 aliphatic rings. The van der Waals surface area contributed by atoms with Crippen LogP contribution in [-0.2, 0) is 0 Å². The molecule has 0 bridgehead atoms. The molecule has 0 saturated heterocycles. The van der Waals surface area contributed by atoms with Gasteiger partial charge >= 0.3 is 0 Å². The third kappa shape index (κ3) is 1.65. The molecule has 1 heteroatoms. The normalized spacial score (nSPS) is 11.1. The maximum atomic E-state index is 8.73. The fourth-order valence-electron chi connectivity index (χ4n) is 2.35. The minimum Gasteiger partial charge on any atom is -0.193 e. The lowest BCUT2D eigenvalue weighted by Crippen LogP contribution is -1.82. The molecule has 18 heavy (non-hydrogen) atoms. The summed E-state index contributed by atoms with van der Waals surface area (Å²) in [4.78, 5) is 0. The molecule has 0 fully saturated rings. The van der Waals surface area contributed by atoms with E-state index in [0.717, 1.165) is 5.56 Å². The number of nitrogens with zero attached hydrogens (tertiary/aromatic N) is 1. The van der Waals surface area contributed by atoms with Crippen molar-refractivity contribution in [3.05, 3.63) is 66.2 Å². The van der Waals surface area contributed by atoms with E-state index in [2.05, 4.69) is 36.4 Å². The molecule has 3 rings (SSSR count). The van der Waals surface area contributed by atoms with Gasteiger partial charge in [-0.3, -0.25) is 0 Å². The number of rotatable bonds is 1. The zero-order valence-corrected chi connectivity index (χ0v) is 9.80. The summed E-state index contributed by atoms with van der Waals surface area (Å²) in [5.74, 6) is 0. The van der Waals surface area contributed by atoms with Crippen LogP contribution in [0.4, 0.5) is 0 Å². The van der Waals surface area contributed by atoms with Gasteiger partial charge < -0.3 is 0 Å². The van der Waals surface area contributed by atoms with Crippen molar-refractivity contribution in [1.29, 1.82) is 5.26 Å². The van der Waals surface area contributed by atoms with Crippen molar-refractivity contribution in [2.24, 2.45) is 0 Å². The molecule has 0 N–H and O–H groups in total. The van der Waals surface area contributed by atoms with Gasteiger partial charge in [-0.25, -0.2) is 0 Å². The minimum atomic E-state index is 1.12. The molecule has 3 aromatic carbocycles. The summed E-state index contributed by atoms with van der Waals surface area (Å²) in [6, 6.07) is 20.8. The molecule has 0 atom stereocenters. The van der Waals surface area contributed by atoms with Gasteiger partial charge in [0.15, 0.2) is 0 Å². The first kappa shape index (κ1) is 10.6. The Kier molecular flexibility index (Phi) is 2.55. The molecule has 0 heterocycles. The maximum absolute atomic E-state index is 8.73. The van der Waals surface area contributed by atoms with Crippen LogP contribution < -0.4 is 0 Å². The minimum absolute atomic E-state index is 1.12. The van der Waals surface area contributed by atoms with E-state index in [-0.39, 0.29) is 0 Å². The van der Waals surface area contributed by atoms with Gasteiger partial charge in [-0.15, -0.1) is 0 Å². The van der Waals surface area contributed by atoms with Crippen molar-refractivity contribution in [2.75, 3.05) is 0 Å². The highest BCUT2D eigenvalue weighted by atomic mass is 14.2. The third-order valence-corrected chi connectivity index (χ3v) is 3.14. The summed E-state index contributed by atoms with van der Waals surface area (Å²) in [7, 11) is 0. The number of nitriles is 1. The SMILES string of the molecule is N#C/C=C\c1c2ccccc2cc2ccccc12. The van der Waals surface area contributed by atoms with Crippen LogP contribution in [0.15, 0.2) is 60.7 Å². The second-order valence-electron chi connectivity index (χ2n) is 4.19. The van der Waals surface area contributed by atoms with E-state index in [0.29, 0.717) is 0 Å². The molecule has 0 amide bonds. The molecule has 84 valence electrons.